The molecule has 220 valence electrons. The summed E-state index contributed by atoms with van der Waals surface area (Å²) in [6, 6.07) is 63.3. The maximum absolute atomic E-state index is 2.45. The predicted molar refractivity (Wildman–Crippen MR) is 208 cm³/mol. The molecule has 0 radical (unpaired) electrons. The first-order valence-corrected chi connectivity index (χ1v) is 16.8. The van der Waals surface area contributed by atoms with Crippen LogP contribution in [0.15, 0.2) is 170 Å². The normalized spacial score (nSPS) is 12.2. The van der Waals surface area contributed by atoms with E-state index in [1.54, 1.807) is 0 Å². The highest BCUT2D eigenvalue weighted by molar-refractivity contribution is 6.32. The van der Waals surface area contributed by atoms with Crippen molar-refractivity contribution in [2.45, 2.75) is 0 Å². The SMILES string of the molecule is c1ccc(-c2ccc3cc(-c4cc5ccc(-c6cccc7ccccc67)c6ccc7cccc4c7c56)c4cccc5ccc2c3c54)cc1. The minimum Gasteiger partial charge on any atom is -0.0622 e. The summed E-state index contributed by atoms with van der Waals surface area (Å²) >= 11 is 0. The Kier molecular flexibility index (Phi) is 5.20. The van der Waals surface area contributed by atoms with Crippen LogP contribution in [0.1, 0.15) is 0 Å². The van der Waals surface area contributed by atoms with Crippen LogP contribution in [-0.2, 0) is 0 Å². The van der Waals surface area contributed by atoms with E-state index in [4.69, 9.17) is 0 Å². The highest BCUT2D eigenvalue weighted by Crippen LogP contribution is 2.48. The molecule has 0 fully saturated rings. The van der Waals surface area contributed by atoms with Crippen LogP contribution in [0.3, 0.4) is 0 Å². The van der Waals surface area contributed by atoms with Crippen molar-refractivity contribution in [2.75, 3.05) is 0 Å². The van der Waals surface area contributed by atoms with Gasteiger partial charge in [-0.3, -0.25) is 0 Å². The fourth-order valence-electron chi connectivity index (χ4n) is 8.67. The van der Waals surface area contributed by atoms with Gasteiger partial charge in [-0.1, -0.05) is 158 Å². The van der Waals surface area contributed by atoms with Gasteiger partial charge in [0.05, 0.1) is 0 Å². The summed E-state index contributed by atoms with van der Waals surface area (Å²) in [7, 11) is 0. The van der Waals surface area contributed by atoms with E-state index in [2.05, 4.69) is 170 Å². The first kappa shape index (κ1) is 25.9. The van der Waals surface area contributed by atoms with Crippen LogP contribution in [0.2, 0.25) is 0 Å². The Morgan fingerprint density at radius 2 is 0.646 bits per heavy atom. The van der Waals surface area contributed by atoms with Crippen molar-refractivity contribution in [1.29, 1.82) is 0 Å². The third-order valence-corrected chi connectivity index (χ3v) is 10.7. The summed E-state index contributed by atoms with van der Waals surface area (Å²) in [5.41, 5.74) is 7.70. The van der Waals surface area contributed by atoms with Gasteiger partial charge in [-0.2, -0.15) is 0 Å². The van der Waals surface area contributed by atoms with E-state index in [1.165, 1.54) is 109 Å². The Labute approximate surface area is 277 Å². The Bertz CT molecular complexity index is 3030. The lowest BCUT2D eigenvalue weighted by molar-refractivity contribution is 1.66. The van der Waals surface area contributed by atoms with Crippen molar-refractivity contribution in [3.8, 4) is 33.4 Å². The van der Waals surface area contributed by atoms with Gasteiger partial charge in [0, 0.05) is 0 Å². The molecule has 0 aromatic heterocycles. The third-order valence-electron chi connectivity index (χ3n) is 10.7. The van der Waals surface area contributed by atoms with Gasteiger partial charge >= 0.3 is 0 Å². The second-order valence-electron chi connectivity index (χ2n) is 13.2. The van der Waals surface area contributed by atoms with Crippen molar-refractivity contribution in [3.63, 3.8) is 0 Å². The number of fused-ring (bicyclic) bond motifs is 1. The van der Waals surface area contributed by atoms with Gasteiger partial charge in [0.25, 0.3) is 0 Å². The smallest absolute Gasteiger partial charge is 0.00201 e. The molecule has 0 aliphatic carbocycles. The lowest BCUT2D eigenvalue weighted by Crippen LogP contribution is -1.93. The molecule has 0 aliphatic heterocycles. The van der Waals surface area contributed by atoms with Crippen molar-refractivity contribution < 1.29 is 0 Å². The van der Waals surface area contributed by atoms with E-state index in [0.717, 1.165) is 0 Å². The highest BCUT2D eigenvalue weighted by atomic mass is 14.2. The number of benzene rings is 11. The number of rotatable bonds is 3. The van der Waals surface area contributed by atoms with E-state index < -0.39 is 0 Å². The van der Waals surface area contributed by atoms with Crippen molar-refractivity contribution in [1.82, 2.24) is 0 Å². The van der Waals surface area contributed by atoms with E-state index >= 15 is 0 Å². The molecule has 48 heavy (non-hydrogen) atoms. The zero-order chi connectivity index (χ0) is 31.3. The molecule has 0 saturated carbocycles. The maximum Gasteiger partial charge on any atom is -0.00201 e. The monoisotopic (exact) mass is 604 g/mol. The van der Waals surface area contributed by atoms with Crippen LogP contribution in [-0.4, -0.2) is 0 Å². The Hall–Kier alpha value is -6.24. The van der Waals surface area contributed by atoms with Gasteiger partial charge in [-0.15, -0.1) is 0 Å². The van der Waals surface area contributed by atoms with Gasteiger partial charge in [0.2, 0.25) is 0 Å². The molecular formula is C48H28. The van der Waals surface area contributed by atoms with Crippen molar-refractivity contribution in [2.24, 2.45) is 0 Å². The molecular weight excluding hydrogens is 577 g/mol. The molecule has 11 aromatic rings. The average molecular weight is 605 g/mol. The quantitative estimate of drug-likeness (QED) is 0.176. The molecule has 11 rings (SSSR count). The number of hydrogen-bond acceptors (Lipinski definition) is 0. The lowest BCUT2D eigenvalue weighted by atomic mass is 9.83. The fraction of sp³-hybridized carbons (Fsp3) is 0. The summed E-state index contributed by atoms with van der Waals surface area (Å²) in [5.74, 6) is 0. The lowest BCUT2D eigenvalue weighted by Gasteiger charge is -2.20. The Balaban J connectivity index is 1.23. The zero-order valence-corrected chi connectivity index (χ0v) is 26.2. The average Bonchev–Trinajstić information content (AvgIpc) is 3.16. The molecule has 0 amide bonds. The molecule has 0 heteroatoms. The summed E-state index contributed by atoms with van der Waals surface area (Å²) in [5, 5.41) is 18.3. The Morgan fingerprint density at radius 1 is 0.208 bits per heavy atom. The number of hydrogen-bond donors (Lipinski definition) is 0. The molecule has 0 spiro atoms. The fourth-order valence-corrected chi connectivity index (χ4v) is 8.67. The zero-order valence-electron chi connectivity index (χ0n) is 26.2. The van der Waals surface area contributed by atoms with Crippen molar-refractivity contribution >= 4 is 75.4 Å². The molecule has 0 bridgehead atoms. The second-order valence-corrected chi connectivity index (χ2v) is 13.2. The van der Waals surface area contributed by atoms with Gasteiger partial charge in [0.15, 0.2) is 0 Å². The van der Waals surface area contributed by atoms with Gasteiger partial charge < -0.3 is 0 Å². The molecule has 11 aromatic carbocycles. The van der Waals surface area contributed by atoms with E-state index in [0.29, 0.717) is 0 Å². The van der Waals surface area contributed by atoms with Gasteiger partial charge in [0.1, 0.15) is 0 Å². The first-order chi connectivity index (χ1) is 23.8. The molecule has 0 aliphatic rings. The van der Waals surface area contributed by atoms with Crippen LogP contribution < -0.4 is 0 Å². The van der Waals surface area contributed by atoms with E-state index in [1.807, 2.05) is 0 Å². The summed E-state index contributed by atoms with van der Waals surface area (Å²) in [4.78, 5) is 0. The largest absolute Gasteiger partial charge is 0.0622 e. The highest BCUT2D eigenvalue weighted by Gasteiger charge is 2.20. The minimum absolute atomic E-state index is 1.25. The molecule has 0 saturated heterocycles. The maximum atomic E-state index is 2.45. The standard InChI is InChI=1S/C48H28/c1-2-9-29(10-3-1)36-23-21-33-27-43(39-17-7-13-31-19-25-41(36)47(33)45(31)39)44-28-34-22-24-38(37-16-6-12-30-11-4-5-15-35(30)37)42-26-20-32-14-8-18-40(44)46(32)48(34)42/h1-28H. The molecule has 0 nitrogen and oxygen atoms in total. The topological polar surface area (TPSA) is 0 Å². The van der Waals surface area contributed by atoms with Crippen molar-refractivity contribution in [3.05, 3.63) is 170 Å². The van der Waals surface area contributed by atoms with E-state index in [9.17, 15) is 0 Å². The van der Waals surface area contributed by atoms with Crippen LogP contribution in [0.5, 0.6) is 0 Å². The molecule has 0 N–H and O–H groups in total. The Morgan fingerprint density at radius 3 is 1.33 bits per heavy atom. The van der Waals surface area contributed by atoms with E-state index in [-0.39, 0.29) is 0 Å². The van der Waals surface area contributed by atoms with Crippen LogP contribution in [0.4, 0.5) is 0 Å². The summed E-state index contributed by atoms with van der Waals surface area (Å²) in [6.07, 6.45) is 0. The molecule has 0 atom stereocenters. The minimum atomic E-state index is 1.25. The predicted octanol–water partition coefficient (Wildman–Crippen LogP) is 13.6. The molecule has 0 heterocycles. The third kappa shape index (κ3) is 3.49. The van der Waals surface area contributed by atoms with Crippen LogP contribution in [0.25, 0.3) is 109 Å². The molecule has 0 unspecified atom stereocenters. The summed E-state index contributed by atoms with van der Waals surface area (Å²) in [6.45, 7) is 0. The van der Waals surface area contributed by atoms with Crippen LogP contribution >= 0.6 is 0 Å². The summed E-state index contributed by atoms with van der Waals surface area (Å²) < 4.78 is 0. The first-order valence-electron chi connectivity index (χ1n) is 16.8. The van der Waals surface area contributed by atoms with Gasteiger partial charge in [-0.25, -0.2) is 0 Å². The van der Waals surface area contributed by atoms with Crippen LogP contribution in [0, 0.1) is 0 Å². The second kappa shape index (κ2) is 9.64. The van der Waals surface area contributed by atoms with Gasteiger partial charge in [-0.05, 0) is 121 Å².